The second-order valence-corrected chi connectivity index (χ2v) is 6.64. The lowest BCUT2D eigenvalue weighted by atomic mass is 9.81. The van der Waals surface area contributed by atoms with Gasteiger partial charge in [-0.25, -0.2) is 0 Å². The SMILES string of the molecule is CCC(CC)CCCc1cccc(O)c1C(C)(C)C. The Bertz CT molecular complexity index is 383. The third-order valence-corrected chi connectivity index (χ3v) is 4.09. The Hall–Kier alpha value is -0.980. The molecule has 0 unspecified atom stereocenters. The van der Waals surface area contributed by atoms with E-state index in [0.29, 0.717) is 5.75 Å². The summed E-state index contributed by atoms with van der Waals surface area (Å²) in [5, 5.41) is 10.1. The molecule has 0 amide bonds. The van der Waals surface area contributed by atoms with E-state index in [0.717, 1.165) is 17.9 Å². The van der Waals surface area contributed by atoms with Crippen molar-refractivity contribution in [2.24, 2.45) is 5.92 Å². The Morgan fingerprint density at radius 3 is 2.26 bits per heavy atom. The molecule has 0 aromatic heterocycles. The van der Waals surface area contributed by atoms with Gasteiger partial charge < -0.3 is 5.11 Å². The van der Waals surface area contributed by atoms with Crippen molar-refractivity contribution < 1.29 is 5.11 Å². The molecule has 0 fully saturated rings. The average Bonchev–Trinajstić information content (AvgIpc) is 2.33. The summed E-state index contributed by atoms with van der Waals surface area (Å²) in [7, 11) is 0. The van der Waals surface area contributed by atoms with E-state index < -0.39 is 0 Å². The van der Waals surface area contributed by atoms with Crippen LogP contribution in [0, 0.1) is 5.92 Å². The van der Waals surface area contributed by atoms with Crippen LogP contribution in [0.25, 0.3) is 0 Å². The summed E-state index contributed by atoms with van der Waals surface area (Å²) < 4.78 is 0. The lowest BCUT2D eigenvalue weighted by molar-refractivity contribution is 0.432. The molecular formula is C18H30O. The Morgan fingerprint density at radius 2 is 1.74 bits per heavy atom. The van der Waals surface area contributed by atoms with E-state index in [1.54, 1.807) is 0 Å². The van der Waals surface area contributed by atoms with Gasteiger partial charge in [0.05, 0.1) is 0 Å². The molecule has 1 heteroatoms. The van der Waals surface area contributed by atoms with E-state index in [-0.39, 0.29) is 5.41 Å². The van der Waals surface area contributed by atoms with Crippen LogP contribution in [0.5, 0.6) is 5.75 Å². The monoisotopic (exact) mass is 262 g/mol. The van der Waals surface area contributed by atoms with Crippen LogP contribution in [0.4, 0.5) is 0 Å². The van der Waals surface area contributed by atoms with Crippen LogP contribution in [-0.2, 0) is 11.8 Å². The minimum atomic E-state index is 0.00951. The Morgan fingerprint density at radius 1 is 1.11 bits per heavy atom. The number of hydrogen-bond acceptors (Lipinski definition) is 1. The summed E-state index contributed by atoms with van der Waals surface area (Å²) >= 11 is 0. The van der Waals surface area contributed by atoms with Crippen LogP contribution in [0.3, 0.4) is 0 Å². The van der Waals surface area contributed by atoms with Gasteiger partial charge in [-0.3, -0.25) is 0 Å². The first kappa shape index (κ1) is 16.1. The first-order valence-electron chi connectivity index (χ1n) is 7.71. The maximum atomic E-state index is 10.1. The second kappa shape index (κ2) is 6.98. The fraction of sp³-hybridized carbons (Fsp3) is 0.667. The predicted molar refractivity (Wildman–Crippen MR) is 83.8 cm³/mol. The molecule has 0 aliphatic carbocycles. The van der Waals surface area contributed by atoms with Crippen molar-refractivity contribution in [3.05, 3.63) is 29.3 Å². The molecule has 108 valence electrons. The van der Waals surface area contributed by atoms with Gasteiger partial charge >= 0.3 is 0 Å². The molecule has 0 heterocycles. The maximum Gasteiger partial charge on any atom is 0.119 e. The molecule has 1 aromatic rings. The smallest absolute Gasteiger partial charge is 0.119 e. The summed E-state index contributed by atoms with van der Waals surface area (Å²) in [5.74, 6) is 1.31. The van der Waals surface area contributed by atoms with Crippen molar-refractivity contribution in [2.75, 3.05) is 0 Å². The largest absolute Gasteiger partial charge is 0.508 e. The zero-order valence-corrected chi connectivity index (χ0v) is 13.3. The van der Waals surface area contributed by atoms with Crippen molar-refractivity contribution in [3.63, 3.8) is 0 Å². The molecule has 1 aromatic carbocycles. The molecule has 0 radical (unpaired) electrons. The van der Waals surface area contributed by atoms with Gasteiger partial charge in [-0.05, 0) is 35.8 Å². The number of rotatable bonds is 6. The van der Waals surface area contributed by atoms with Crippen molar-refractivity contribution in [2.45, 2.75) is 72.1 Å². The Kier molecular flexibility index (Phi) is 5.90. The molecule has 19 heavy (non-hydrogen) atoms. The van der Waals surface area contributed by atoms with E-state index >= 15 is 0 Å². The number of phenolic OH excluding ortho intramolecular Hbond substituents is 1. The fourth-order valence-electron chi connectivity index (χ4n) is 2.94. The first-order valence-corrected chi connectivity index (χ1v) is 7.71. The van der Waals surface area contributed by atoms with Crippen molar-refractivity contribution >= 4 is 0 Å². The highest BCUT2D eigenvalue weighted by molar-refractivity contribution is 5.43. The number of benzene rings is 1. The number of aromatic hydroxyl groups is 1. The topological polar surface area (TPSA) is 20.2 Å². The summed E-state index contributed by atoms with van der Waals surface area (Å²) in [6, 6.07) is 5.95. The van der Waals surface area contributed by atoms with Crippen LogP contribution < -0.4 is 0 Å². The van der Waals surface area contributed by atoms with E-state index in [9.17, 15) is 5.11 Å². The van der Waals surface area contributed by atoms with E-state index in [2.05, 4.69) is 40.7 Å². The van der Waals surface area contributed by atoms with Gasteiger partial charge in [0.1, 0.15) is 5.75 Å². The molecule has 0 atom stereocenters. The van der Waals surface area contributed by atoms with E-state index in [4.69, 9.17) is 0 Å². The molecular weight excluding hydrogens is 232 g/mol. The highest BCUT2D eigenvalue weighted by Gasteiger charge is 2.21. The van der Waals surface area contributed by atoms with Crippen molar-refractivity contribution in [1.29, 1.82) is 0 Å². The quantitative estimate of drug-likeness (QED) is 0.723. The summed E-state index contributed by atoms with van der Waals surface area (Å²) in [5.41, 5.74) is 2.45. The highest BCUT2D eigenvalue weighted by atomic mass is 16.3. The number of phenols is 1. The van der Waals surface area contributed by atoms with E-state index in [1.165, 1.54) is 31.2 Å². The van der Waals surface area contributed by atoms with E-state index in [1.807, 2.05) is 12.1 Å². The number of aryl methyl sites for hydroxylation is 1. The third kappa shape index (κ3) is 4.56. The van der Waals surface area contributed by atoms with Gasteiger partial charge in [0.25, 0.3) is 0 Å². The van der Waals surface area contributed by atoms with Gasteiger partial charge in [0.2, 0.25) is 0 Å². The lowest BCUT2D eigenvalue weighted by Gasteiger charge is -2.24. The minimum Gasteiger partial charge on any atom is -0.508 e. The molecule has 1 nitrogen and oxygen atoms in total. The normalized spacial score (nSPS) is 12.1. The van der Waals surface area contributed by atoms with Crippen molar-refractivity contribution in [1.82, 2.24) is 0 Å². The highest BCUT2D eigenvalue weighted by Crippen LogP contribution is 2.34. The van der Waals surface area contributed by atoms with Crippen LogP contribution in [0.15, 0.2) is 18.2 Å². The zero-order valence-electron chi connectivity index (χ0n) is 13.3. The van der Waals surface area contributed by atoms with Gasteiger partial charge in [0.15, 0.2) is 0 Å². The summed E-state index contributed by atoms with van der Waals surface area (Å²) in [6.45, 7) is 11.1. The maximum absolute atomic E-state index is 10.1. The zero-order chi connectivity index (χ0) is 14.5. The molecule has 0 saturated carbocycles. The Balaban J connectivity index is 2.76. The van der Waals surface area contributed by atoms with Gasteiger partial charge in [-0.1, -0.05) is 66.0 Å². The predicted octanol–water partition coefficient (Wildman–Crippen LogP) is 5.45. The summed E-state index contributed by atoms with van der Waals surface area (Å²) in [4.78, 5) is 0. The van der Waals surface area contributed by atoms with Gasteiger partial charge in [0, 0.05) is 5.56 Å². The third-order valence-electron chi connectivity index (χ3n) is 4.09. The lowest BCUT2D eigenvalue weighted by Crippen LogP contribution is -2.14. The standard InChI is InChI=1S/C18H30O/c1-6-14(7-2)10-8-11-15-12-9-13-16(19)17(15)18(3,4)5/h9,12-14,19H,6-8,10-11H2,1-5H3. The van der Waals surface area contributed by atoms with Gasteiger partial charge in [-0.2, -0.15) is 0 Å². The van der Waals surface area contributed by atoms with Crippen molar-refractivity contribution in [3.8, 4) is 5.75 Å². The van der Waals surface area contributed by atoms with Crippen LogP contribution in [0.2, 0.25) is 0 Å². The summed E-state index contributed by atoms with van der Waals surface area (Å²) in [6.07, 6.45) is 6.16. The first-order chi connectivity index (χ1) is 8.90. The molecule has 0 bridgehead atoms. The van der Waals surface area contributed by atoms with Crippen LogP contribution in [-0.4, -0.2) is 5.11 Å². The second-order valence-electron chi connectivity index (χ2n) is 6.64. The molecule has 0 aliphatic rings. The molecule has 0 aliphatic heterocycles. The molecule has 1 N–H and O–H groups in total. The molecule has 0 saturated heterocycles. The molecule has 1 rings (SSSR count). The fourth-order valence-corrected chi connectivity index (χ4v) is 2.94. The van der Waals surface area contributed by atoms with Gasteiger partial charge in [-0.15, -0.1) is 0 Å². The van der Waals surface area contributed by atoms with Crippen LogP contribution >= 0.6 is 0 Å². The minimum absolute atomic E-state index is 0.00951. The Labute approximate surface area is 119 Å². The van der Waals surface area contributed by atoms with Crippen LogP contribution in [0.1, 0.15) is 71.4 Å². The number of hydrogen-bond donors (Lipinski definition) is 1. The molecule has 0 spiro atoms. The average molecular weight is 262 g/mol.